The fourth-order valence-corrected chi connectivity index (χ4v) is 2.44. The van der Waals surface area contributed by atoms with Gasteiger partial charge < -0.3 is 4.90 Å². The number of hydrogen-bond acceptors (Lipinski definition) is 2. The summed E-state index contributed by atoms with van der Waals surface area (Å²) in [5.41, 5.74) is -0.275. The molecule has 2 amide bonds. The SMILES string of the molecule is CC(C)(C)N(C(=O)N1CCCCC1)c1ccccn1. The molecule has 1 aromatic heterocycles. The Morgan fingerprint density at radius 2 is 1.89 bits per heavy atom. The Balaban J connectivity index is 2.25. The van der Waals surface area contributed by atoms with Gasteiger partial charge in [-0.3, -0.25) is 4.90 Å². The number of pyridine rings is 1. The zero-order valence-electron chi connectivity index (χ0n) is 12.1. The predicted molar refractivity (Wildman–Crippen MR) is 77.3 cm³/mol. The Morgan fingerprint density at radius 1 is 1.21 bits per heavy atom. The minimum atomic E-state index is -0.275. The van der Waals surface area contributed by atoms with E-state index < -0.39 is 0 Å². The number of aromatic nitrogens is 1. The van der Waals surface area contributed by atoms with Crippen LogP contribution in [0.1, 0.15) is 40.0 Å². The van der Waals surface area contributed by atoms with Crippen molar-refractivity contribution in [2.45, 2.75) is 45.6 Å². The molecule has 19 heavy (non-hydrogen) atoms. The molecule has 104 valence electrons. The van der Waals surface area contributed by atoms with Crippen LogP contribution in [0, 0.1) is 0 Å². The number of rotatable bonds is 1. The van der Waals surface area contributed by atoms with Gasteiger partial charge in [-0.05, 0) is 52.2 Å². The third kappa shape index (κ3) is 3.25. The Labute approximate surface area is 115 Å². The maximum absolute atomic E-state index is 12.8. The first-order valence-corrected chi connectivity index (χ1v) is 7.00. The molecule has 1 fully saturated rings. The minimum Gasteiger partial charge on any atom is -0.324 e. The van der Waals surface area contributed by atoms with Gasteiger partial charge in [0.2, 0.25) is 0 Å². The van der Waals surface area contributed by atoms with Crippen molar-refractivity contribution in [1.29, 1.82) is 0 Å². The van der Waals surface area contributed by atoms with E-state index in [2.05, 4.69) is 4.98 Å². The molecule has 2 heterocycles. The highest BCUT2D eigenvalue weighted by Crippen LogP contribution is 2.24. The minimum absolute atomic E-state index is 0.0749. The molecule has 0 N–H and O–H groups in total. The van der Waals surface area contributed by atoms with E-state index >= 15 is 0 Å². The summed E-state index contributed by atoms with van der Waals surface area (Å²) in [5, 5.41) is 0. The van der Waals surface area contributed by atoms with E-state index in [4.69, 9.17) is 0 Å². The summed E-state index contributed by atoms with van der Waals surface area (Å²) in [4.78, 5) is 20.8. The van der Waals surface area contributed by atoms with E-state index in [0.29, 0.717) is 0 Å². The third-order valence-electron chi connectivity index (χ3n) is 3.37. The first-order valence-electron chi connectivity index (χ1n) is 7.00. The second kappa shape index (κ2) is 5.59. The third-order valence-corrected chi connectivity index (χ3v) is 3.37. The lowest BCUT2D eigenvalue weighted by molar-refractivity contribution is 0.187. The highest BCUT2D eigenvalue weighted by molar-refractivity contribution is 5.92. The van der Waals surface area contributed by atoms with Gasteiger partial charge in [-0.25, -0.2) is 9.78 Å². The number of piperidine rings is 1. The maximum atomic E-state index is 12.8. The van der Waals surface area contributed by atoms with Crippen molar-refractivity contribution in [2.75, 3.05) is 18.0 Å². The molecule has 0 aromatic carbocycles. The monoisotopic (exact) mass is 261 g/mol. The summed E-state index contributed by atoms with van der Waals surface area (Å²) in [6.07, 6.45) is 5.17. The fourth-order valence-electron chi connectivity index (χ4n) is 2.44. The molecule has 0 bridgehead atoms. The lowest BCUT2D eigenvalue weighted by Crippen LogP contribution is -2.53. The Hall–Kier alpha value is -1.58. The van der Waals surface area contributed by atoms with Crippen LogP contribution >= 0.6 is 0 Å². The second-order valence-corrected chi connectivity index (χ2v) is 6.02. The number of hydrogen-bond donors (Lipinski definition) is 0. The summed E-state index contributed by atoms with van der Waals surface area (Å²) in [7, 11) is 0. The van der Waals surface area contributed by atoms with E-state index in [1.165, 1.54) is 6.42 Å². The van der Waals surface area contributed by atoms with Gasteiger partial charge in [0.15, 0.2) is 0 Å². The normalized spacial score (nSPS) is 16.3. The molecule has 0 aliphatic carbocycles. The summed E-state index contributed by atoms with van der Waals surface area (Å²) in [6.45, 7) is 7.85. The van der Waals surface area contributed by atoms with Gasteiger partial charge in [-0.15, -0.1) is 0 Å². The lowest BCUT2D eigenvalue weighted by atomic mass is 10.1. The summed E-state index contributed by atoms with van der Waals surface area (Å²) >= 11 is 0. The van der Waals surface area contributed by atoms with Crippen LogP contribution in [0.25, 0.3) is 0 Å². The van der Waals surface area contributed by atoms with Crippen LogP contribution in [-0.2, 0) is 0 Å². The van der Waals surface area contributed by atoms with Crippen molar-refractivity contribution in [3.8, 4) is 0 Å². The molecule has 0 radical (unpaired) electrons. The number of carbonyl (C=O) groups is 1. The smallest absolute Gasteiger partial charge is 0.324 e. The van der Waals surface area contributed by atoms with E-state index in [9.17, 15) is 4.79 Å². The molecule has 0 atom stereocenters. The van der Waals surface area contributed by atoms with Crippen molar-refractivity contribution in [3.63, 3.8) is 0 Å². The van der Waals surface area contributed by atoms with E-state index in [0.717, 1.165) is 31.7 Å². The van der Waals surface area contributed by atoms with Crippen LogP contribution in [0.15, 0.2) is 24.4 Å². The summed E-state index contributed by atoms with van der Waals surface area (Å²) in [5.74, 6) is 0.727. The van der Waals surface area contributed by atoms with Crippen LogP contribution in [0.5, 0.6) is 0 Å². The van der Waals surface area contributed by atoms with E-state index in [-0.39, 0.29) is 11.6 Å². The van der Waals surface area contributed by atoms with Gasteiger partial charge in [0.05, 0.1) is 0 Å². The second-order valence-electron chi connectivity index (χ2n) is 6.02. The zero-order chi connectivity index (χ0) is 13.9. The number of urea groups is 1. The predicted octanol–water partition coefficient (Wildman–Crippen LogP) is 3.29. The molecule has 4 nitrogen and oxygen atoms in total. The summed E-state index contributed by atoms with van der Waals surface area (Å²) in [6, 6.07) is 5.76. The van der Waals surface area contributed by atoms with Gasteiger partial charge in [-0.1, -0.05) is 6.07 Å². The number of anilines is 1. The molecule has 1 aliphatic rings. The van der Waals surface area contributed by atoms with Crippen LogP contribution in [-0.4, -0.2) is 34.5 Å². The van der Waals surface area contributed by atoms with Crippen LogP contribution in [0.2, 0.25) is 0 Å². The first-order chi connectivity index (χ1) is 9.00. The van der Waals surface area contributed by atoms with Crippen molar-refractivity contribution in [3.05, 3.63) is 24.4 Å². The standard InChI is InChI=1S/C15H23N3O/c1-15(2,3)18(13-9-5-6-10-16-13)14(19)17-11-7-4-8-12-17/h5-6,9-10H,4,7-8,11-12H2,1-3H3. The first kappa shape index (κ1) is 13.8. The average molecular weight is 261 g/mol. The molecule has 1 saturated heterocycles. The van der Waals surface area contributed by atoms with E-state index in [1.807, 2.05) is 43.9 Å². The average Bonchev–Trinajstić information content (AvgIpc) is 2.39. The molecular weight excluding hydrogens is 238 g/mol. The van der Waals surface area contributed by atoms with Gasteiger partial charge in [0.1, 0.15) is 5.82 Å². The van der Waals surface area contributed by atoms with Crippen LogP contribution in [0.4, 0.5) is 10.6 Å². The van der Waals surface area contributed by atoms with Gasteiger partial charge >= 0.3 is 6.03 Å². The molecule has 0 unspecified atom stereocenters. The summed E-state index contributed by atoms with van der Waals surface area (Å²) < 4.78 is 0. The van der Waals surface area contributed by atoms with E-state index in [1.54, 1.807) is 11.1 Å². The molecule has 1 aromatic rings. The quantitative estimate of drug-likeness (QED) is 0.777. The van der Waals surface area contributed by atoms with Crippen molar-refractivity contribution in [1.82, 2.24) is 9.88 Å². The Morgan fingerprint density at radius 3 is 2.42 bits per heavy atom. The van der Waals surface area contributed by atoms with Crippen molar-refractivity contribution >= 4 is 11.8 Å². The highest BCUT2D eigenvalue weighted by Gasteiger charge is 2.32. The van der Waals surface area contributed by atoms with Gasteiger partial charge in [0.25, 0.3) is 0 Å². The Bertz CT molecular complexity index is 419. The highest BCUT2D eigenvalue weighted by atomic mass is 16.2. The fraction of sp³-hybridized carbons (Fsp3) is 0.600. The number of nitrogens with zero attached hydrogens (tertiary/aromatic N) is 3. The topological polar surface area (TPSA) is 36.4 Å². The largest absolute Gasteiger partial charge is 0.326 e. The number of carbonyl (C=O) groups excluding carboxylic acids is 1. The zero-order valence-corrected chi connectivity index (χ0v) is 12.1. The maximum Gasteiger partial charge on any atom is 0.326 e. The number of likely N-dealkylation sites (tertiary alicyclic amines) is 1. The van der Waals surface area contributed by atoms with Gasteiger partial charge in [0, 0.05) is 24.8 Å². The lowest BCUT2D eigenvalue weighted by Gasteiger charge is -2.39. The molecule has 4 heteroatoms. The van der Waals surface area contributed by atoms with Crippen LogP contribution in [0.3, 0.4) is 0 Å². The van der Waals surface area contributed by atoms with Gasteiger partial charge in [-0.2, -0.15) is 0 Å². The molecule has 2 rings (SSSR count). The molecule has 0 spiro atoms. The molecule has 1 aliphatic heterocycles. The Kier molecular flexibility index (Phi) is 4.08. The molecular formula is C15H23N3O. The van der Waals surface area contributed by atoms with Crippen molar-refractivity contribution < 1.29 is 4.79 Å². The van der Waals surface area contributed by atoms with Crippen molar-refractivity contribution in [2.24, 2.45) is 0 Å². The molecule has 0 saturated carbocycles. The number of amides is 2. The van der Waals surface area contributed by atoms with Crippen LogP contribution < -0.4 is 4.90 Å².